The first-order valence-electron chi connectivity index (χ1n) is 9.71. The molecule has 6 nitrogen and oxygen atoms in total. The lowest BCUT2D eigenvalue weighted by molar-refractivity contribution is -0.152. The van der Waals surface area contributed by atoms with Crippen molar-refractivity contribution in [3.05, 3.63) is 58.2 Å². The summed E-state index contributed by atoms with van der Waals surface area (Å²) in [5.74, 6) is -0.666. The minimum absolute atomic E-state index is 0.107. The number of nitrogens with zero attached hydrogens (tertiary/aromatic N) is 1. The number of aromatic amines is 1. The van der Waals surface area contributed by atoms with E-state index in [9.17, 15) is 13.2 Å². The summed E-state index contributed by atoms with van der Waals surface area (Å²) in [5.41, 5.74) is 1.28. The highest BCUT2D eigenvalue weighted by Crippen LogP contribution is 2.33. The zero-order valence-corrected chi connectivity index (χ0v) is 20.0. The molecule has 0 amide bonds. The second kappa shape index (κ2) is 8.73. The lowest BCUT2D eigenvalue weighted by Gasteiger charge is -2.28. The predicted octanol–water partition coefficient (Wildman–Crippen LogP) is 5.57. The van der Waals surface area contributed by atoms with E-state index in [4.69, 9.17) is 27.9 Å². The van der Waals surface area contributed by atoms with Gasteiger partial charge in [0, 0.05) is 27.1 Å². The summed E-state index contributed by atoms with van der Waals surface area (Å²) in [4.78, 5) is 15.7. The first-order chi connectivity index (χ1) is 14.4. The van der Waals surface area contributed by atoms with E-state index in [0.29, 0.717) is 12.1 Å². The van der Waals surface area contributed by atoms with Crippen LogP contribution in [0.2, 0.25) is 10.0 Å². The summed E-state index contributed by atoms with van der Waals surface area (Å²) in [6, 6.07) is 9.54. The van der Waals surface area contributed by atoms with E-state index >= 15 is 0 Å². The molecule has 0 bridgehead atoms. The number of fused-ring (bicyclic) bond motifs is 1. The Morgan fingerprint density at radius 2 is 1.74 bits per heavy atom. The lowest BCUT2D eigenvalue weighted by Crippen LogP contribution is -2.39. The van der Waals surface area contributed by atoms with E-state index in [-0.39, 0.29) is 14.9 Å². The van der Waals surface area contributed by atoms with Gasteiger partial charge in [0.25, 0.3) is 10.0 Å². The third-order valence-corrected chi connectivity index (χ3v) is 6.69. The summed E-state index contributed by atoms with van der Waals surface area (Å²) in [6.07, 6.45) is 2.33. The van der Waals surface area contributed by atoms with Crippen LogP contribution in [0.5, 0.6) is 0 Å². The van der Waals surface area contributed by atoms with Crippen molar-refractivity contribution >= 4 is 55.8 Å². The van der Waals surface area contributed by atoms with Gasteiger partial charge in [-0.2, -0.15) is 0 Å². The monoisotopic (exact) mass is 482 g/mol. The van der Waals surface area contributed by atoms with Gasteiger partial charge >= 0.3 is 5.97 Å². The van der Waals surface area contributed by atoms with Gasteiger partial charge in [0.05, 0.1) is 10.6 Å². The van der Waals surface area contributed by atoms with Crippen molar-refractivity contribution in [2.45, 2.75) is 44.6 Å². The molecule has 0 aliphatic carbocycles. The fourth-order valence-electron chi connectivity index (χ4n) is 3.24. The molecule has 0 unspecified atom stereocenters. The molecule has 0 saturated carbocycles. The van der Waals surface area contributed by atoms with Gasteiger partial charge in [0.2, 0.25) is 0 Å². The maximum absolute atomic E-state index is 13.7. The summed E-state index contributed by atoms with van der Waals surface area (Å²) in [5, 5.41) is 1.18. The number of aromatic nitrogens is 1. The molecule has 0 spiro atoms. The zero-order valence-electron chi connectivity index (χ0n) is 17.7. The number of sulfonamides is 1. The molecule has 1 aromatic heterocycles. The Labute approximate surface area is 192 Å². The molecule has 166 valence electrons. The van der Waals surface area contributed by atoms with Crippen LogP contribution in [0.1, 0.15) is 33.3 Å². The van der Waals surface area contributed by atoms with Crippen LogP contribution in [0.4, 0.5) is 5.69 Å². The first-order valence-corrected chi connectivity index (χ1v) is 11.9. The van der Waals surface area contributed by atoms with Crippen LogP contribution in [0.15, 0.2) is 47.5 Å². The molecule has 0 fully saturated rings. The average Bonchev–Trinajstić information content (AvgIpc) is 3.10. The molecule has 0 aliphatic heterocycles. The number of rotatable bonds is 6. The summed E-state index contributed by atoms with van der Waals surface area (Å²) >= 11 is 12.1. The summed E-state index contributed by atoms with van der Waals surface area (Å²) in [7, 11) is -4.18. The van der Waals surface area contributed by atoms with Gasteiger partial charge in [0.15, 0.2) is 0 Å². The van der Waals surface area contributed by atoms with E-state index < -0.39 is 28.1 Å². The average molecular weight is 483 g/mol. The Hall–Kier alpha value is -2.22. The SMILES string of the molecule is CCc1cc2[nH]ccc2cc1N(CC(=O)OC(C)(C)C)S(=O)(=O)c1cc(Cl)cc(Cl)c1. The fourth-order valence-corrected chi connectivity index (χ4v) is 5.41. The van der Waals surface area contributed by atoms with Crippen molar-refractivity contribution in [2.24, 2.45) is 0 Å². The van der Waals surface area contributed by atoms with E-state index in [1.165, 1.54) is 18.2 Å². The standard InChI is InChI=1S/C22H24Cl2N2O4S/c1-5-14-8-19-15(6-7-25-19)9-20(14)26(13-21(27)30-22(2,3)4)31(28,29)18-11-16(23)10-17(24)12-18/h6-12,25H,5,13H2,1-4H3. The highest BCUT2D eigenvalue weighted by Gasteiger charge is 2.31. The fraction of sp³-hybridized carbons (Fsp3) is 0.318. The molecule has 3 rings (SSSR count). The molecule has 2 aromatic carbocycles. The van der Waals surface area contributed by atoms with E-state index in [1.807, 2.05) is 19.1 Å². The number of benzene rings is 2. The van der Waals surface area contributed by atoms with Gasteiger partial charge in [-0.3, -0.25) is 9.10 Å². The number of hydrogen-bond donors (Lipinski definition) is 1. The van der Waals surface area contributed by atoms with Crippen molar-refractivity contribution in [3.8, 4) is 0 Å². The number of anilines is 1. The topological polar surface area (TPSA) is 79.5 Å². The number of carbonyl (C=O) groups is 1. The maximum Gasteiger partial charge on any atom is 0.327 e. The Bertz CT molecular complexity index is 1210. The number of esters is 1. The van der Waals surface area contributed by atoms with Crippen molar-refractivity contribution in [1.82, 2.24) is 4.98 Å². The number of halogens is 2. The number of carbonyl (C=O) groups excluding carboxylic acids is 1. The normalized spacial score (nSPS) is 12.2. The smallest absolute Gasteiger partial charge is 0.327 e. The van der Waals surface area contributed by atoms with Crippen LogP contribution in [-0.2, 0) is 26.0 Å². The van der Waals surface area contributed by atoms with Gasteiger partial charge in [0.1, 0.15) is 12.1 Å². The minimum atomic E-state index is -4.18. The molecule has 0 atom stereocenters. The van der Waals surface area contributed by atoms with Gasteiger partial charge in [-0.05, 0) is 69.2 Å². The van der Waals surface area contributed by atoms with Crippen LogP contribution in [-0.4, -0.2) is 31.5 Å². The van der Waals surface area contributed by atoms with Gasteiger partial charge in [-0.1, -0.05) is 30.1 Å². The quantitative estimate of drug-likeness (QED) is 0.465. The molecule has 0 aliphatic rings. The number of ether oxygens (including phenoxy) is 1. The Kier molecular flexibility index (Phi) is 6.60. The molecule has 0 saturated heterocycles. The first kappa shape index (κ1) is 23.4. The van der Waals surface area contributed by atoms with Crippen LogP contribution in [0.25, 0.3) is 10.9 Å². The number of hydrogen-bond acceptors (Lipinski definition) is 4. The third-order valence-electron chi connectivity index (χ3n) is 4.52. The number of nitrogens with one attached hydrogen (secondary N) is 1. The second-order valence-electron chi connectivity index (χ2n) is 8.10. The summed E-state index contributed by atoms with van der Waals surface area (Å²) in [6.45, 7) is 6.60. The highest BCUT2D eigenvalue weighted by atomic mass is 35.5. The molecular formula is C22H24Cl2N2O4S. The minimum Gasteiger partial charge on any atom is -0.459 e. The number of aryl methyl sites for hydroxylation is 1. The van der Waals surface area contributed by atoms with Crippen molar-refractivity contribution in [3.63, 3.8) is 0 Å². The Morgan fingerprint density at radius 1 is 1.10 bits per heavy atom. The van der Waals surface area contributed by atoms with E-state index in [2.05, 4.69) is 4.98 Å². The molecule has 1 heterocycles. The van der Waals surface area contributed by atoms with Crippen molar-refractivity contribution in [2.75, 3.05) is 10.8 Å². The van der Waals surface area contributed by atoms with Crippen LogP contribution in [0.3, 0.4) is 0 Å². The van der Waals surface area contributed by atoms with Gasteiger partial charge in [-0.15, -0.1) is 0 Å². The molecule has 3 aromatic rings. The van der Waals surface area contributed by atoms with Crippen molar-refractivity contribution in [1.29, 1.82) is 0 Å². The maximum atomic E-state index is 13.7. The van der Waals surface area contributed by atoms with Crippen LogP contribution in [0, 0.1) is 0 Å². The summed E-state index contributed by atoms with van der Waals surface area (Å²) < 4.78 is 33.8. The molecule has 0 radical (unpaired) electrons. The van der Waals surface area contributed by atoms with Gasteiger partial charge in [-0.25, -0.2) is 8.42 Å². The van der Waals surface area contributed by atoms with E-state index in [1.54, 1.807) is 33.0 Å². The predicted molar refractivity (Wildman–Crippen MR) is 125 cm³/mol. The van der Waals surface area contributed by atoms with Gasteiger partial charge < -0.3 is 9.72 Å². The third kappa shape index (κ3) is 5.34. The number of H-pyrrole nitrogens is 1. The Morgan fingerprint density at radius 3 is 2.32 bits per heavy atom. The molecular weight excluding hydrogens is 459 g/mol. The van der Waals surface area contributed by atoms with Crippen LogP contribution >= 0.6 is 23.2 Å². The largest absolute Gasteiger partial charge is 0.459 e. The molecule has 9 heteroatoms. The van der Waals surface area contributed by atoms with E-state index in [0.717, 1.165) is 20.8 Å². The Balaban J connectivity index is 2.18. The van der Waals surface area contributed by atoms with Crippen molar-refractivity contribution < 1.29 is 17.9 Å². The lowest BCUT2D eigenvalue weighted by atomic mass is 10.1. The second-order valence-corrected chi connectivity index (χ2v) is 10.8. The molecule has 31 heavy (non-hydrogen) atoms. The van der Waals surface area contributed by atoms with Crippen LogP contribution < -0.4 is 4.31 Å². The highest BCUT2D eigenvalue weighted by molar-refractivity contribution is 7.92. The molecule has 1 N–H and O–H groups in total. The zero-order chi connectivity index (χ0) is 23.0.